The van der Waals surface area contributed by atoms with Crippen LogP contribution in [0.4, 0.5) is 0 Å². The van der Waals surface area contributed by atoms with Gasteiger partial charge in [0.1, 0.15) is 24.4 Å². The molecule has 12 atom stereocenters. The summed E-state index contributed by atoms with van der Waals surface area (Å²) in [5.41, 5.74) is -0.959. The summed E-state index contributed by atoms with van der Waals surface area (Å²) >= 11 is 0. The van der Waals surface area contributed by atoms with Crippen molar-refractivity contribution in [2.24, 2.45) is 40.4 Å². The molecule has 10 heteroatoms. The van der Waals surface area contributed by atoms with E-state index in [9.17, 15) is 24.0 Å². The third-order valence-corrected chi connectivity index (χ3v) is 12.8. The first-order valence-corrected chi connectivity index (χ1v) is 16.5. The van der Waals surface area contributed by atoms with Crippen LogP contribution in [0.25, 0.3) is 0 Å². The summed E-state index contributed by atoms with van der Waals surface area (Å²) in [4.78, 5) is 63.2. The minimum atomic E-state index is -0.899. The predicted molar refractivity (Wildman–Crippen MR) is 159 cm³/mol. The average molecular weight is 627 g/mol. The quantitative estimate of drug-likeness (QED) is 0.227. The highest BCUT2D eigenvalue weighted by atomic mass is 16.7. The van der Waals surface area contributed by atoms with Crippen molar-refractivity contribution in [2.45, 2.75) is 117 Å². The van der Waals surface area contributed by atoms with Gasteiger partial charge in [-0.15, -0.1) is 0 Å². The number of epoxide rings is 1. The second-order valence-electron chi connectivity index (χ2n) is 14.5. The van der Waals surface area contributed by atoms with Gasteiger partial charge in [0, 0.05) is 32.6 Å². The van der Waals surface area contributed by atoms with Crippen molar-refractivity contribution in [2.75, 3.05) is 6.61 Å². The van der Waals surface area contributed by atoms with Crippen LogP contribution in [0.5, 0.6) is 0 Å². The second-order valence-corrected chi connectivity index (χ2v) is 14.5. The molecule has 3 saturated carbocycles. The summed E-state index contributed by atoms with van der Waals surface area (Å²) in [6, 6.07) is 0. The monoisotopic (exact) mass is 626 g/mol. The molecule has 0 bridgehead atoms. The second kappa shape index (κ2) is 11.1. The molecule has 0 aromatic heterocycles. The van der Waals surface area contributed by atoms with Crippen LogP contribution in [0.15, 0.2) is 23.3 Å². The van der Waals surface area contributed by atoms with Crippen LogP contribution in [0.3, 0.4) is 0 Å². The van der Waals surface area contributed by atoms with Gasteiger partial charge in [0.2, 0.25) is 0 Å². The Morgan fingerprint density at radius 1 is 1.02 bits per heavy atom. The molecule has 0 N–H and O–H groups in total. The van der Waals surface area contributed by atoms with Crippen LogP contribution in [0.1, 0.15) is 87.0 Å². The number of carbonyl (C=O) groups is 5. The fourth-order valence-electron chi connectivity index (χ4n) is 10.9. The summed E-state index contributed by atoms with van der Waals surface area (Å²) in [5, 5.41) is 0. The lowest BCUT2D eigenvalue weighted by Gasteiger charge is -2.61. The number of ketones is 1. The summed E-state index contributed by atoms with van der Waals surface area (Å²) in [5.74, 6) is -1.44. The molecule has 1 spiro atoms. The van der Waals surface area contributed by atoms with E-state index in [0.717, 1.165) is 24.8 Å². The van der Waals surface area contributed by atoms with Gasteiger partial charge >= 0.3 is 23.9 Å². The Kier molecular flexibility index (Phi) is 7.85. The molecule has 0 aromatic carbocycles. The van der Waals surface area contributed by atoms with E-state index in [1.165, 1.54) is 20.8 Å². The van der Waals surface area contributed by atoms with Crippen molar-refractivity contribution < 1.29 is 47.7 Å². The van der Waals surface area contributed by atoms with E-state index in [2.05, 4.69) is 13.8 Å². The maximum absolute atomic E-state index is 14.1. The van der Waals surface area contributed by atoms with Crippen molar-refractivity contribution in [1.82, 2.24) is 0 Å². The van der Waals surface area contributed by atoms with E-state index < -0.39 is 46.5 Å². The van der Waals surface area contributed by atoms with Crippen LogP contribution >= 0.6 is 0 Å². The van der Waals surface area contributed by atoms with E-state index in [1.807, 2.05) is 13.8 Å². The summed E-state index contributed by atoms with van der Waals surface area (Å²) in [6.07, 6.45) is 5.70. The van der Waals surface area contributed by atoms with Crippen LogP contribution in [0.2, 0.25) is 0 Å². The van der Waals surface area contributed by atoms with Gasteiger partial charge in [-0.05, 0) is 80.8 Å². The van der Waals surface area contributed by atoms with Crippen LogP contribution in [-0.2, 0) is 47.7 Å². The van der Waals surface area contributed by atoms with Crippen molar-refractivity contribution in [1.29, 1.82) is 0 Å². The molecule has 12 unspecified atom stereocenters. The third kappa shape index (κ3) is 4.55. The van der Waals surface area contributed by atoms with Gasteiger partial charge in [-0.1, -0.05) is 26.3 Å². The van der Waals surface area contributed by atoms with Crippen molar-refractivity contribution >= 4 is 29.7 Å². The SMILES string of the molecule is CCC12C(=O)C=CC(OC(C)=O)C13OC3CC1C3CCC(C(C)C4CC(C)=C(COC(C)=O)C(=O)O4)C3(C)C(OC(C)=O)CC12. The van der Waals surface area contributed by atoms with E-state index in [-0.39, 0.29) is 60.2 Å². The molecule has 45 heavy (non-hydrogen) atoms. The van der Waals surface area contributed by atoms with Gasteiger partial charge in [0.25, 0.3) is 0 Å². The Morgan fingerprint density at radius 2 is 1.73 bits per heavy atom. The molecule has 0 amide bonds. The first-order chi connectivity index (χ1) is 21.2. The highest BCUT2D eigenvalue weighted by molar-refractivity contribution is 5.98. The molecule has 10 nitrogen and oxygen atoms in total. The van der Waals surface area contributed by atoms with Gasteiger partial charge in [0.15, 0.2) is 11.9 Å². The predicted octanol–water partition coefficient (Wildman–Crippen LogP) is 4.43. The number of rotatable bonds is 7. The van der Waals surface area contributed by atoms with Crippen LogP contribution in [-0.4, -0.2) is 66.3 Å². The van der Waals surface area contributed by atoms with E-state index >= 15 is 0 Å². The molecule has 6 rings (SSSR count). The van der Waals surface area contributed by atoms with Crippen LogP contribution in [0, 0.1) is 40.4 Å². The lowest BCUT2D eigenvalue weighted by molar-refractivity contribution is -0.197. The zero-order chi connectivity index (χ0) is 32.6. The minimum absolute atomic E-state index is 0.000340. The van der Waals surface area contributed by atoms with Gasteiger partial charge in [-0.3, -0.25) is 19.2 Å². The fraction of sp³-hybridized carbons (Fsp3) is 0.743. The molecule has 2 aliphatic heterocycles. The summed E-state index contributed by atoms with van der Waals surface area (Å²) in [6.45, 7) is 12.3. The molecule has 0 radical (unpaired) electrons. The van der Waals surface area contributed by atoms with Gasteiger partial charge in [-0.2, -0.15) is 0 Å². The van der Waals surface area contributed by atoms with E-state index in [4.69, 9.17) is 23.7 Å². The number of esters is 4. The van der Waals surface area contributed by atoms with Crippen molar-refractivity contribution in [3.63, 3.8) is 0 Å². The molecular weight excluding hydrogens is 580 g/mol. The highest BCUT2D eigenvalue weighted by Gasteiger charge is 2.83. The Labute approximate surface area is 264 Å². The largest absolute Gasteiger partial charge is 0.462 e. The Morgan fingerprint density at radius 3 is 2.36 bits per heavy atom. The first kappa shape index (κ1) is 32.0. The number of fused-ring (bicyclic) bond motifs is 4. The van der Waals surface area contributed by atoms with Gasteiger partial charge in [0.05, 0.1) is 17.1 Å². The number of allylic oxidation sites excluding steroid dienone is 1. The average Bonchev–Trinajstić information content (AvgIpc) is 3.58. The Hall–Kier alpha value is -3.01. The third-order valence-electron chi connectivity index (χ3n) is 12.8. The highest BCUT2D eigenvalue weighted by Crippen LogP contribution is 2.74. The number of carbonyl (C=O) groups excluding carboxylic acids is 5. The maximum Gasteiger partial charge on any atom is 0.337 e. The maximum atomic E-state index is 14.1. The molecule has 1 saturated heterocycles. The standard InChI is InChI=1S/C35H46O10/c1-8-34-26-15-30(43-21(6)38)33(7)24(18(3)27-13-17(2)23(32(40)44-27)16-41-19(4)36)9-10-25(33)22(26)14-31-35(34,45-31)29(42-20(5)37)12-11-28(34)39/h11-12,18,22,24-27,29-31H,8-10,13-16H2,1-7H3. The number of hydrogen-bond donors (Lipinski definition) is 0. The minimum Gasteiger partial charge on any atom is -0.462 e. The molecule has 6 aliphatic rings. The molecular formula is C35H46O10. The topological polar surface area (TPSA) is 135 Å². The molecule has 246 valence electrons. The fourth-order valence-corrected chi connectivity index (χ4v) is 10.9. The van der Waals surface area contributed by atoms with Gasteiger partial charge < -0.3 is 23.7 Å². The number of cyclic esters (lactones) is 1. The van der Waals surface area contributed by atoms with Gasteiger partial charge in [-0.25, -0.2) is 4.79 Å². The Balaban J connectivity index is 1.33. The molecule has 4 aliphatic carbocycles. The smallest absolute Gasteiger partial charge is 0.337 e. The summed E-state index contributed by atoms with van der Waals surface area (Å²) < 4.78 is 29.6. The van der Waals surface area contributed by atoms with Crippen molar-refractivity contribution in [3.05, 3.63) is 23.3 Å². The van der Waals surface area contributed by atoms with E-state index in [0.29, 0.717) is 24.8 Å². The van der Waals surface area contributed by atoms with E-state index in [1.54, 1.807) is 12.2 Å². The molecule has 0 aromatic rings. The zero-order valence-electron chi connectivity index (χ0n) is 27.4. The number of hydrogen-bond acceptors (Lipinski definition) is 10. The number of ether oxygens (including phenoxy) is 5. The van der Waals surface area contributed by atoms with Crippen LogP contribution < -0.4 is 0 Å². The summed E-state index contributed by atoms with van der Waals surface area (Å²) in [7, 11) is 0. The lowest BCUT2D eigenvalue weighted by Crippen LogP contribution is -2.67. The molecule has 2 heterocycles. The zero-order valence-corrected chi connectivity index (χ0v) is 27.4. The Bertz CT molecular complexity index is 1380. The lowest BCUT2D eigenvalue weighted by atomic mass is 9.42. The normalized spacial score (nSPS) is 43.6. The molecule has 4 fully saturated rings. The van der Waals surface area contributed by atoms with Crippen molar-refractivity contribution in [3.8, 4) is 0 Å². The first-order valence-electron chi connectivity index (χ1n) is 16.5.